The van der Waals surface area contributed by atoms with E-state index in [2.05, 4.69) is 26.6 Å². The zero-order valence-corrected chi connectivity index (χ0v) is 53.1. The third-order valence-electron chi connectivity index (χ3n) is 18.3. The van der Waals surface area contributed by atoms with Crippen LogP contribution in [0.3, 0.4) is 0 Å². The van der Waals surface area contributed by atoms with E-state index < -0.39 is 161 Å². The molecular formula is C68H83N7O18. The van der Waals surface area contributed by atoms with Crippen LogP contribution in [0.5, 0.6) is 0 Å². The van der Waals surface area contributed by atoms with Crippen molar-refractivity contribution in [2.45, 2.75) is 159 Å². The lowest BCUT2D eigenvalue weighted by molar-refractivity contribution is -0.346. The van der Waals surface area contributed by atoms with Gasteiger partial charge >= 0.3 is 30.0 Å². The number of ether oxygens (including phenoxy) is 6. The van der Waals surface area contributed by atoms with Crippen LogP contribution < -0.4 is 38.1 Å². The van der Waals surface area contributed by atoms with Gasteiger partial charge in [0.1, 0.15) is 42.0 Å². The van der Waals surface area contributed by atoms with E-state index in [1.807, 2.05) is 0 Å². The Balaban J connectivity index is 1.14. The van der Waals surface area contributed by atoms with E-state index in [0.717, 1.165) is 19.4 Å². The Hall–Kier alpha value is -8.88. The smallest absolute Gasteiger partial charge is 0.408 e. The van der Waals surface area contributed by atoms with Gasteiger partial charge in [-0.15, -0.1) is 0 Å². The van der Waals surface area contributed by atoms with Gasteiger partial charge in [-0.05, 0) is 93.1 Å². The van der Waals surface area contributed by atoms with Gasteiger partial charge in [0.15, 0.2) is 17.5 Å². The molecule has 93 heavy (non-hydrogen) atoms. The van der Waals surface area contributed by atoms with Gasteiger partial charge in [0.2, 0.25) is 23.8 Å². The Bertz CT molecular complexity index is 3430. The number of hydrogen-bond acceptors (Lipinski definition) is 20. The number of unbranched alkanes of at least 4 members (excludes halogenated alkanes) is 1. The largest absolute Gasteiger partial charge is 0.455 e. The summed E-state index contributed by atoms with van der Waals surface area (Å²) < 4.78 is 37.0. The minimum atomic E-state index is -2.56. The Morgan fingerprint density at radius 3 is 1.89 bits per heavy atom. The predicted molar refractivity (Wildman–Crippen MR) is 334 cm³/mol. The molecule has 4 aromatic carbocycles. The van der Waals surface area contributed by atoms with Crippen LogP contribution >= 0.6 is 0 Å². The number of aliphatic hydroxyl groups is 2. The number of nitrogens with two attached hydrogens (primary N) is 2. The number of nitrogens with one attached hydrogen (secondary N) is 5. The van der Waals surface area contributed by atoms with Crippen LogP contribution in [-0.4, -0.2) is 162 Å². The number of esters is 4. The molecule has 2 saturated carbocycles. The SMILES string of the molecule is CC(=O)O[C@H]1C(=O)[C@@]2(C)[C@H]([C@H](OC(=O)c3ccccc3)[C@]3(O)CC(OC(=O)[C@H](OC(=O)NCCNC(=O)[C@H](CCCCN)NC(=O)[C@H](Cc4ccccc4)NC(=O)[C@@H](C)N)C(NC(=O)c4ccccc4)c4ccccc4)C(C)=C1C3(C)C)[C@]1(OC(C)=O)CO[C@@H]1C[C@@H]2O. The molecule has 0 aromatic heterocycles. The van der Waals surface area contributed by atoms with Crippen LogP contribution in [0.2, 0.25) is 0 Å². The summed E-state index contributed by atoms with van der Waals surface area (Å²) in [5.41, 5.74) is 4.25. The third kappa shape index (κ3) is 15.1. The summed E-state index contributed by atoms with van der Waals surface area (Å²) in [5, 5.41) is 39.9. The van der Waals surface area contributed by atoms with E-state index in [1.165, 1.54) is 58.9 Å². The first kappa shape index (κ1) is 70.0. The number of Topliss-reactive ketones (excluding diaryl/α,β-unsaturated/α-hetero) is 1. The molecular weight excluding hydrogens is 1200 g/mol. The standard InChI is InChI=1S/C68H83N7O18/c1-38-48(36-68(87)57(92-62(84)45-28-18-11-19-29-45)55-66(7,49(78)35-50-67(55,37-88-50)93-41(4)77)56(79)53(89-40(3)76)51(38)65(68,5)6)90-63(85)54(52(43-24-14-9-15-25-43)75-59(81)44-26-16-10-17-27-44)91-64(86)72-33-32-71-60(82)46(30-20-21-31-69)73-61(83)47(74-58(80)39(2)70)34-42-22-12-8-13-23-42/h8-19,22-29,39,46-50,52-55,57,78,87H,20-21,30-37,69-70H2,1-7H3,(H,71,82)(H,72,86)(H,73,83)(H,74,80)(H,75,81)/t39-,46+,47+,48?,49+,50-,52?,53-,54-,55+,57+,66-,67+,68-/m1/s1. The van der Waals surface area contributed by atoms with Crippen LogP contribution in [0.4, 0.5) is 4.79 Å². The summed E-state index contributed by atoms with van der Waals surface area (Å²) in [4.78, 5) is 142. The van der Waals surface area contributed by atoms with E-state index in [0.29, 0.717) is 19.4 Å². The summed E-state index contributed by atoms with van der Waals surface area (Å²) in [7, 11) is 0. The number of ketones is 1. The van der Waals surface area contributed by atoms with Crippen molar-refractivity contribution >= 4 is 59.4 Å². The third-order valence-corrected chi connectivity index (χ3v) is 18.3. The number of fused-ring (bicyclic) bond motifs is 5. The molecule has 5 amide bonds. The average molecular weight is 1290 g/mol. The Morgan fingerprint density at radius 1 is 0.720 bits per heavy atom. The molecule has 11 N–H and O–H groups in total. The number of amides is 5. The molecule has 3 aliphatic carbocycles. The van der Waals surface area contributed by atoms with Gasteiger partial charge in [0.25, 0.3) is 5.91 Å². The quantitative estimate of drug-likeness (QED) is 0.0199. The summed E-state index contributed by atoms with van der Waals surface area (Å²) >= 11 is 0. The molecule has 14 atom stereocenters. The molecule has 1 aliphatic heterocycles. The zero-order chi connectivity index (χ0) is 67.6. The fraction of sp³-hybridized carbons (Fsp3) is 0.471. The monoisotopic (exact) mass is 1290 g/mol. The lowest BCUT2D eigenvalue weighted by Crippen LogP contribution is -2.82. The zero-order valence-electron chi connectivity index (χ0n) is 53.1. The highest BCUT2D eigenvalue weighted by molar-refractivity contribution is 5.97. The van der Waals surface area contributed by atoms with E-state index in [9.17, 15) is 48.6 Å². The van der Waals surface area contributed by atoms with Crippen molar-refractivity contribution in [3.05, 3.63) is 155 Å². The van der Waals surface area contributed by atoms with Crippen LogP contribution in [0.1, 0.15) is 118 Å². The van der Waals surface area contributed by atoms with Gasteiger partial charge in [0.05, 0.1) is 35.6 Å². The Kier molecular flexibility index (Phi) is 22.4. The first-order chi connectivity index (χ1) is 44.2. The molecule has 1 saturated heterocycles. The molecule has 0 radical (unpaired) electrons. The summed E-state index contributed by atoms with van der Waals surface area (Å²) in [6, 6.07) is 27.7. The van der Waals surface area contributed by atoms with Gasteiger partial charge in [0, 0.05) is 57.2 Å². The average Bonchev–Trinajstić information content (AvgIpc) is 0.670. The highest BCUT2D eigenvalue weighted by Gasteiger charge is 2.78. The Morgan fingerprint density at radius 2 is 1.31 bits per heavy atom. The Labute approximate surface area is 538 Å². The van der Waals surface area contributed by atoms with Gasteiger partial charge in [-0.25, -0.2) is 14.4 Å². The molecule has 2 bridgehead atoms. The maximum atomic E-state index is 15.9. The number of rotatable bonds is 25. The van der Waals surface area contributed by atoms with Crippen LogP contribution in [0, 0.1) is 16.7 Å². The molecule has 498 valence electrons. The van der Waals surface area contributed by atoms with E-state index in [-0.39, 0.29) is 60.2 Å². The van der Waals surface area contributed by atoms with Crippen molar-refractivity contribution in [1.29, 1.82) is 0 Å². The highest BCUT2D eigenvalue weighted by atomic mass is 16.6. The van der Waals surface area contributed by atoms with Crippen molar-refractivity contribution in [2.75, 3.05) is 26.2 Å². The molecule has 0 spiro atoms. The summed E-state index contributed by atoms with van der Waals surface area (Å²) in [5.74, 6) is -9.38. The van der Waals surface area contributed by atoms with Gasteiger partial charge in [-0.3, -0.25) is 33.6 Å². The predicted octanol–water partition coefficient (Wildman–Crippen LogP) is 3.27. The van der Waals surface area contributed by atoms with E-state index in [4.69, 9.17) is 39.9 Å². The molecule has 25 heteroatoms. The number of alkyl carbamates (subject to hydrolysis) is 1. The second-order valence-corrected chi connectivity index (χ2v) is 24.8. The first-order valence-corrected chi connectivity index (χ1v) is 31.0. The van der Waals surface area contributed by atoms with E-state index in [1.54, 1.807) is 97.1 Å². The first-order valence-electron chi connectivity index (χ1n) is 31.0. The molecule has 2 unspecified atom stereocenters. The van der Waals surface area contributed by atoms with Crippen molar-refractivity contribution in [3.8, 4) is 0 Å². The van der Waals surface area contributed by atoms with Gasteiger partial charge in [-0.1, -0.05) is 111 Å². The number of carbonyl (C=O) groups excluding carboxylic acids is 10. The number of carbonyl (C=O) groups is 10. The van der Waals surface area contributed by atoms with Crippen molar-refractivity contribution in [2.24, 2.45) is 28.2 Å². The second-order valence-electron chi connectivity index (χ2n) is 24.8. The van der Waals surface area contributed by atoms with Crippen molar-refractivity contribution < 1.29 is 86.6 Å². The van der Waals surface area contributed by atoms with Gasteiger partial charge in [-0.2, -0.15) is 0 Å². The number of benzene rings is 4. The lowest BCUT2D eigenvalue weighted by atomic mass is 9.44. The van der Waals surface area contributed by atoms with Crippen LogP contribution in [0.15, 0.2) is 132 Å². The highest BCUT2D eigenvalue weighted by Crippen LogP contribution is 2.64. The van der Waals surface area contributed by atoms with Gasteiger partial charge < -0.3 is 76.7 Å². The minimum absolute atomic E-state index is 0.00251. The topological polar surface area (TPSA) is 379 Å². The fourth-order valence-corrected chi connectivity index (χ4v) is 13.3. The summed E-state index contributed by atoms with van der Waals surface area (Å²) in [6.45, 7) is 8.80. The lowest BCUT2D eigenvalue weighted by Gasteiger charge is -2.67. The maximum absolute atomic E-state index is 15.9. The normalized spacial score (nSPS) is 25.9. The molecule has 25 nitrogen and oxygen atoms in total. The molecule has 4 aromatic rings. The number of hydrogen-bond donors (Lipinski definition) is 9. The fourth-order valence-electron chi connectivity index (χ4n) is 13.3. The molecule has 1 heterocycles. The molecule has 4 aliphatic rings. The minimum Gasteiger partial charge on any atom is -0.455 e. The maximum Gasteiger partial charge on any atom is 0.408 e. The van der Waals surface area contributed by atoms with Crippen LogP contribution in [-0.2, 0) is 68.4 Å². The molecule has 8 rings (SSSR count). The summed E-state index contributed by atoms with van der Waals surface area (Å²) in [6.07, 6.45) is -11.6. The van der Waals surface area contributed by atoms with Crippen LogP contribution in [0.25, 0.3) is 0 Å². The molecule has 3 fully saturated rings. The van der Waals surface area contributed by atoms with Crippen molar-refractivity contribution in [1.82, 2.24) is 26.6 Å². The second kappa shape index (κ2) is 29.8. The number of aliphatic hydroxyl groups excluding tert-OH is 1. The van der Waals surface area contributed by atoms with Crippen molar-refractivity contribution in [3.63, 3.8) is 0 Å². The van der Waals surface area contributed by atoms with E-state index >= 15 is 9.59 Å².